The van der Waals surface area contributed by atoms with Crippen LogP contribution in [0.15, 0.2) is 66.7 Å². The number of fused-ring (bicyclic) bond motifs is 4. The van der Waals surface area contributed by atoms with E-state index >= 15 is 0 Å². The summed E-state index contributed by atoms with van der Waals surface area (Å²) in [6.07, 6.45) is -4.47. The lowest BCUT2D eigenvalue weighted by atomic mass is 9.67. The van der Waals surface area contributed by atoms with Crippen LogP contribution in [0.4, 0.5) is 18.9 Å². The van der Waals surface area contributed by atoms with Crippen molar-refractivity contribution in [3.8, 4) is 17.2 Å². The summed E-state index contributed by atoms with van der Waals surface area (Å²) in [4.78, 5) is 15.9. The highest BCUT2D eigenvalue weighted by Gasteiger charge is 2.58. The molecule has 0 aromatic heterocycles. The number of ether oxygens (including phenoxy) is 3. The first kappa shape index (κ1) is 24.0. The van der Waals surface area contributed by atoms with Crippen molar-refractivity contribution in [2.24, 2.45) is 0 Å². The molecule has 3 aromatic carbocycles. The number of nitrogens with zero attached hydrogens (tertiary/aromatic N) is 1. The number of amides is 1. The zero-order valence-corrected chi connectivity index (χ0v) is 20.2. The van der Waals surface area contributed by atoms with E-state index in [0.29, 0.717) is 35.8 Å². The Morgan fingerprint density at radius 2 is 1.72 bits per heavy atom. The largest absolute Gasteiger partial charge is 0.573 e. The fourth-order valence-electron chi connectivity index (χ4n) is 5.41. The second-order valence-electron chi connectivity index (χ2n) is 9.60. The second kappa shape index (κ2) is 8.47. The van der Waals surface area contributed by atoms with Gasteiger partial charge in [0.15, 0.2) is 0 Å². The maximum absolute atomic E-state index is 14.4. The van der Waals surface area contributed by atoms with Crippen molar-refractivity contribution in [2.75, 3.05) is 11.5 Å². The Kier molecular flexibility index (Phi) is 5.65. The number of anilines is 1. The Labute approximate surface area is 207 Å². The third kappa shape index (κ3) is 4.04. The molecule has 1 amide bonds. The molecule has 36 heavy (non-hydrogen) atoms. The number of hydrogen-bond acceptors (Lipinski definition) is 4. The van der Waals surface area contributed by atoms with Gasteiger partial charge in [-0.25, -0.2) is 0 Å². The topological polar surface area (TPSA) is 48.0 Å². The highest BCUT2D eigenvalue weighted by atomic mass is 19.4. The summed E-state index contributed by atoms with van der Waals surface area (Å²) >= 11 is 0. The molecule has 0 bridgehead atoms. The predicted molar refractivity (Wildman–Crippen MR) is 128 cm³/mol. The van der Waals surface area contributed by atoms with Crippen molar-refractivity contribution in [3.63, 3.8) is 0 Å². The molecule has 1 spiro atoms. The third-order valence-corrected chi connectivity index (χ3v) is 6.59. The van der Waals surface area contributed by atoms with Gasteiger partial charge >= 0.3 is 6.36 Å². The summed E-state index contributed by atoms with van der Waals surface area (Å²) in [5.41, 5.74) is 0.679. The van der Waals surface area contributed by atoms with Crippen LogP contribution in [-0.4, -0.2) is 24.5 Å². The minimum absolute atomic E-state index is 0.0719. The average molecular weight is 498 g/mol. The average Bonchev–Trinajstić information content (AvgIpc) is 3.02. The zero-order chi connectivity index (χ0) is 25.7. The number of halogens is 3. The van der Waals surface area contributed by atoms with E-state index in [9.17, 15) is 18.0 Å². The van der Waals surface area contributed by atoms with E-state index in [1.54, 1.807) is 17.0 Å². The second-order valence-corrected chi connectivity index (χ2v) is 9.60. The number of rotatable bonds is 5. The summed E-state index contributed by atoms with van der Waals surface area (Å²) in [5.74, 6) is 0.651. The first-order chi connectivity index (χ1) is 17.0. The van der Waals surface area contributed by atoms with Gasteiger partial charge in [-0.3, -0.25) is 4.79 Å². The van der Waals surface area contributed by atoms with Crippen molar-refractivity contribution in [3.05, 3.63) is 83.4 Å². The molecular weight excluding hydrogens is 471 g/mol. The Balaban J connectivity index is 1.64. The number of carbonyl (C=O) groups excluding carboxylic acids is 1. The molecule has 8 heteroatoms. The normalized spacial score (nSPS) is 20.1. The number of alkyl halides is 3. The monoisotopic (exact) mass is 497 g/mol. The van der Waals surface area contributed by atoms with E-state index in [2.05, 4.69) is 4.74 Å². The maximum atomic E-state index is 14.4. The molecule has 188 valence electrons. The molecule has 0 aliphatic carbocycles. The summed E-state index contributed by atoms with van der Waals surface area (Å²) in [6.45, 7) is 6.16. The minimum atomic E-state index is -4.84. The molecule has 2 aliphatic heterocycles. The van der Waals surface area contributed by atoms with Crippen molar-refractivity contribution in [1.29, 1.82) is 0 Å². The van der Waals surface area contributed by atoms with E-state index < -0.39 is 17.4 Å². The van der Waals surface area contributed by atoms with Gasteiger partial charge in [-0.15, -0.1) is 13.2 Å². The molecule has 1 unspecified atom stereocenters. The number of para-hydroxylation sites is 2. The molecule has 2 heterocycles. The fraction of sp³-hybridized carbons (Fsp3) is 0.321. The van der Waals surface area contributed by atoms with Crippen LogP contribution in [0.1, 0.15) is 43.9 Å². The van der Waals surface area contributed by atoms with Crippen LogP contribution in [0.25, 0.3) is 0 Å². The van der Waals surface area contributed by atoms with Crippen molar-refractivity contribution in [1.82, 2.24) is 0 Å². The molecule has 0 radical (unpaired) electrons. The number of carbonyl (C=O) groups is 1. The lowest BCUT2D eigenvalue weighted by Crippen LogP contribution is -2.50. The smallest absolute Gasteiger partial charge is 0.494 e. The van der Waals surface area contributed by atoms with Crippen LogP contribution < -0.4 is 19.1 Å². The summed E-state index contributed by atoms with van der Waals surface area (Å²) < 4.78 is 55.3. The van der Waals surface area contributed by atoms with E-state index in [4.69, 9.17) is 9.47 Å². The predicted octanol–water partition coefficient (Wildman–Crippen LogP) is 6.38. The first-order valence-corrected chi connectivity index (χ1v) is 11.8. The minimum Gasteiger partial charge on any atom is -0.494 e. The number of benzene rings is 3. The Morgan fingerprint density at radius 3 is 2.47 bits per heavy atom. The molecule has 2 aliphatic rings. The first-order valence-electron chi connectivity index (χ1n) is 11.8. The van der Waals surface area contributed by atoms with Crippen LogP contribution in [-0.2, 0) is 16.8 Å². The molecule has 0 saturated heterocycles. The highest BCUT2D eigenvalue weighted by Crippen LogP contribution is 2.56. The quantitative estimate of drug-likeness (QED) is 0.411. The van der Waals surface area contributed by atoms with Crippen molar-refractivity contribution in [2.45, 2.75) is 51.1 Å². The maximum Gasteiger partial charge on any atom is 0.573 e. The van der Waals surface area contributed by atoms with Gasteiger partial charge in [0.2, 0.25) is 5.91 Å². The van der Waals surface area contributed by atoms with Crippen molar-refractivity contribution >= 4 is 11.6 Å². The van der Waals surface area contributed by atoms with Gasteiger partial charge in [-0.05, 0) is 44.5 Å². The third-order valence-electron chi connectivity index (χ3n) is 6.59. The van der Waals surface area contributed by atoms with Crippen LogP contribution in [0.2, 0.25) is 0 Å². The molecule has 0 fully saturated rings. The van der Waals surface area contributed by atoms with Gasteiger partial charge in [0.1, 0.15) is 28.3 Å². The highest BCUT2D eigenvalue weighted by molar-refractivity contribution is 6.11. The molecular formula is C28H26F3NO4. The fourth-order valence-corrected chi connectivity index (χ4v) is 5.41. The Hall–Kier alpha value is -3.68. The molecule has 0 N–H and O–H groups in total. The van der Waals surface area contributed by atoms with Crippen LogP contribution in [0.3, 0.4) is 0 Å². The van der Waals surface area contributed by atoms with Crippen molar-refractivity contribution < 1.29 is 32.2 Å². The van der Waals surface area contributed by atoms with Crippen LogP contribution in [0, 0.1) is 0 Å². The summed E-state index contributed by atoms with van der Waals surface area (Å²) in [6, 6.07) is 18.8. The van der Waals surface area contributed by atoms with E-state index in [0.717, 1.165) is 5.56 Å². The van der Waals surface area contributed by atoms with Gasteiger partial charge in [-0.2, -0.15) is 0 Å². The van der Waals surface area contributed by atoms with Gasteiger partial charge in [0, 0.05) is 29.3 Å². The molecule has 5 rings (SSSR count). The summed E-state index contributed by atoms with van der Waals surface area (Å²) in [7, 11) is 0. The van der Waals surface area contributed by atoms with Gasteiger partial charge in [0.05, 0.1) is 13.2 Å². The van der Waals surface area contributed by atoms with E-state index in [1.807, 2.05) is 57.2 Å². The molecule has 3 aromatic rings. The number of hydrogen-bond donors (Lipinski definition) is 0. The van der Waals surface area contributed by atoms with Crippen LogP contribution >= 0.6 is 0 Å². The van der Waals surface area contributed by atoms with Gasteiger partial charge < -0.3 is 19.1 Å². The molecule has 0 saturated carbocycles. The lowest BCUT2D eigenvalue weighted by molar-refractivity contribution is -0.274. The summed E-state index contributed by atoms with van der Waals surface area (Å²) in [5, 5.41) is 0. The molecule has 5 nitrogen and oxygen atoms in total. The SMILES string of the molecule is CCOc1ccc2c(c1)OC(C)(C)CC21C(=O)N(Cc2ccccc2OC(F)(F)F)c2ccccc21. The van der Waals surface area contributed by atoms with E-state index in [-0.39, 0.29) is 23.8 Å². The standard InChI is InChI=1S/C28H26F3NO4/c1-4-34-19-13-14-21-24(15-19)35-26(2,3)17-27(21)20-10-6-7-11-22(20)32(25(27)33)16-18-9-5-8-12-23(18)36-28(29,30)31/h5-15H,4,16-17H2,1-3H3. The Bertz CT molecular complexity index is 1320. The zero-order valence-electron chi connectivity index (χ0n) is 20.2. The van der Waals surface area contributed by atoms with Crippen LogP contribution in [0.5, 0.6) is 17.2 Å². The Morgan fingerprint density at radius 1 is 1.00 bits per heavy atom. The lowest BCUT2D eigenvalue weighted by Gasteiger charge is -2.43. The van der Waals surface area contributed by atoms with E-state index in [1.165, 1.54) is 18.2 Å². The molecule has 1 atom stereocenters. The van der Waals surface area contributed by atoms with Gasteiger partial charge in [0.25, 0.3) is 0 Å². The van der Waals surface area contributed by atoms with Gasteiger partial charge in [-0.1, -0.05) is 42.5 Å².